The molecule has 1 aliphatic carbocycles. The molecule has 1 saturated heterocycles. The molecule has 2 aliphatic rings. The lowest BCUT2D eigenvalue weighted by Gasteiger charge is -2.47. The predicted molar refractivity (Wildman–Crippen MR) is 71.5 cm³/mol. The number of rotatable bonds is 3. The van der Waals surface area contributed by atoms with Gasteiger partial charge in [0.15, 0.2) is 0 Å². The molecule has 104 valence electrons. The maximum Gasteiger partial charge on any atom is 0.307 e. The van der Waals surface area contributed by atoms with Crippen molar-refractivity contribution in [2.75, 3.05) is 20.2 Å². The Labute approximate surface area is 110 Å². The summed E-state index contributed by atoms with van der Waals surface area (Å²) in [5.74, 6) is -0.0931. The van der Waals surface area contributed by atoms with Crippen molar-refractivity contribution in [1.29, 1.82) is 0 Å². The average Bonchev–Trinajstić information content (AvgIpc) is 2.84. The summed E-state index contributed by atoms with van der Waals surface area (Å²) in [7, 11) is 1.47. The van der Waals surface area contributed by atoms with Gasteiger partial charge in [0.25, 0.3) is 0 Å². The Morgan fingerprint density at radius 2 is 2.06 bits per heavy atom. The smallest absolute Gasteiger partial charge is 0.307 e. The molecule has 4 heteroatoms. The van der Waals surface area contributed by atoms with Gasteiger partial charge in [-0.2, -0.15) is 0 Å². The molecule has 0 spiro atoms. The summed E-state index contributed by atoms with van der Waals surface area (Å²) < 4.78 is 4.82. The van der Waals surface area contributed by atoms with Gasteiger partial charge in [-0.05, 0) is 26.7 Å². The van der Waals surface area contributed by atoms with Crippen LogP contribution in [0.25, 0.3) is 0 Å². The Hall–Kier alpha value is -0.610. The van der Waals surface area contributed by atoms with Gasteiger partial charge < -0.3 is 10.1 Å². The van der Waals surface area contributed by atoms with Gasteiger partial charge >= 0.3 is 5.97 Å². The maximum atomic E-state index is 11.5. The van der Waals surface area contributed by atoms with Gasteiger partial charge in [0.1, 0.15) is 0 Å². The fraction of sp³-hybridized carbons (Fsp3) is 0.929. The standard InChI is InChI=1S/C14H26N2O2/c1-14(2)10-16(11-6-4-5-7-11)12(9-15-14)8-13(17)18-3/h11-12,15H,4-10H2,1-3H3. The minimum atomic E-state index is -0.0931. The van der Waals surface area contributed by atoms with E-state index in [1.54, 1.807) is 0 Å². The maximum absolute atomic E-state index is 11.5. The van der Waals surface area contributed by atoms with Crippen LogP contribution in [0.15, 0.2) is 0 Å². The lowest BCUT2D eigenvalue weighted by atomic mass is 9.95. The van der Waals surface area contributed by atoms with Crippen LogP contribution in [0.4, 0.5) is 0 Å². The van der Waals surface area contributed by atoms with Crippen LogP contribution in [0.2, 0.25) is 0 Å². The Morgan fingerprint density at radius 1 is 1.39 bits per heavy atom. The van der Waals surface area contributed by atoms with E-state index in [2.05, 4.69) is 24.1 Å². The highest BCUT2D eigenvalue weighted by Gasteiger charge is 2.38. The Balaban J connectivity index is 2.03. The monoisotopic (exact) mass is 254 g/mol. The second kappa shape index (κ2) is 5.57. The number of nitrogens with zero attached hydrogens (tertiary/aromatic N) is 1. The molecule has 1 unspecified atom stereocenters. The predicted octanol–water partition coefficient (Wildman–Crippen LogP) is 1.54. The second-order valence-corrected chi connectivity index (χ2v) is 6.31. The van der Waals surface area contributed by atoms with Crippen LogP contribution in [0.1, 0.15) is 46.0 Å². The van der Waals surface area contributed by atoms with Crippen LogP contribution in [-0.4, -0.2) is 48.7 Å². The highest BCUT2D eigenvalue weighted by atomic mass is 16.5. The first kappa shape index (κ1) is 13.8. The van der Waals surface area contributed by atoms with Crippen LogP contribution in [0, 0.1) is 0 Å². The number of esters is 1. The van der Waals surface area contributed by atoms with E-state index in [9.17, 15) is 4.79 Å². The van der Waals surface area contributed by atoms with Gasteiger partial charge in [-0.15, -0.1) is 0 Å². The van der Waals surface area contributed by atoms with Crippen LogP contribution in [-0.2, 0) is 9.53 Å². The molecule has 0 aromatic heterocycles. The third-order valence-electron chi connectivity index (χ3n) is 4.29. The van der Waals surface area contributed by atoms with Crippen molar-refractivity contribution in [1.82, 2.24) is 10.2 Å². The third kappa shape index (κ3) is 3.23. The highest BCUT2D eigenvalue weighted by molar-refractivity contribution is 5.70. The van der Waals surface area contributed by atoms with Crippen molar-refractivity contribution >= 4 is 5.97 Å². The summed E-state index contributed by atoms with van der Waals surface area (Å²) in [6.07, 6.45) is 5.75. The number of nitrogens with one attached hydrogen (secondary N) is 1. The van der Waals surface area contributed by atoms with Crippen LogP contribution < -0.4 is 5.32 Å². The van der Waals surface area contributed by atoms with Gasteiger partial charge in [0.05, 0.1) is 13.5 Å². The van der Waals surface area contributed by atoms with E-state index < -0.39 is 0 Å². The summed E-state index contributed by atoms with van der Waals surface area (Å²) in [4.78, 5) is 14.1. The molecule has 1 aliphatic heterocycles. The zero-order valence-corrected chi connectivity index (χ0v) is 11.9. The molecular formula is C14H26N2O2. The fourth-order valence-corrected chi connectivity index (χ4v) is 3.28. The molecule has 18 heavy (non-hydrogen) atoms. The number of carbonyl (C=O) groups is 1. The van der Waals surface area contributed by atoms with E-state index in [0.717, 1.165) is 13.1 Å². The molecule has 2 rings (SSSR count). The molecule has 1 atom stereocenters. The van der Waals surface area contributed by atoms with Gasteiger partial charge in [-0.1, -0.05) is 12.8 Å². The van der Waals surface area contributed by atoms with Crippen molar-refractivity contribution < 1.29 is 9.53 Å². The molecule has 0 amide bonds. The summed E-state index contributed by atoms with van der Waals surface area (Å²) >= 11 is 0. The molecule has 0 radical (unpaired) electrons. The number of hydrogen-bond acceptors (Lipinski definition) is 4. The highest BCUT2D eigenvalue weighted by Crippen LogP contribution is 2.29. The molecule has 1 heterocycles. The molecular weight excluding hydrogens is 228 g/mol. The van der Waals surface area contributed by atoms with E-state index in [1.807, 2.05) is 0 Å². The SMILES string of the molecule is COC(=O)CC1CNC(C)(C)CN1C1CCCC1. The summed E-state index contributed by atoms with van der Waals surface area (Å²) in [5, 5.41) is 3.54. The second-order valence-electron chi connectivity index (χ2n) is 6.31. The quantitative estimate of drug-likeness (QED) is 0.776. The first-order valence-electron chi connectivity index (χ1n) is 7.09. The van der Waals surface area contributed by atoms with Gasteiger partial charge in [-0.3, -0.25) is 9.69 Å². The van der Waals surface area contributed by atoms with Gasteiger partial charge in [0, 0.05) is 30.7 Å². The first-order chi connectivity index (χ1) is 8.52. The van der Waals surface area contributed by atoms with Crippen molar-refractivity contribution in [2.45, 2.75) is 63.6 Å². The van der Waals surface area contributed by atoms with Crippen molar-refractivity contribution in [3.8, 4) is 0 Å². The molecule has 0 aromatic rings. The van der Waals surface area contributed by atoms with E-state index in [-0.39, 0.29) is 11.5 Å². The lowest BCUT2D eigenvalue weighted by Crippen LogP contribution is -2.63. The summed E-state index contributed by atoms with van der Waals surface area (Å²) in [5.41, 5.74) is 0.148. The van der Waals surface area contributed by atoms with Crippen molar-refractivity contribution in [3.05, 3.63) is 0 Å². The number of ether oxygens (including phenoxy) is 1. The first-order valence-corrected chi connectivity index (χ1v) is 7.09. The lowest BCUT2D eigenvalue weighted by molar-refractivity contribution is -0.142. The molecule has 2 fully saturated rings. The van der Waals surface area contributed by atoms with Crippen LogP contribution >= 0.6 is 0 Å². The van der Waals surface area contributed by atoms with Crippen LogP contribution in [0.5, 0.6) is 0 Å². The molecule has 4 nitrogen and oxygen atoms in total. The number of hydrogen-bond donors (Lipinski definition) is 1. The summed E-state index contributed by atoms with van der Waals surface area (Å²) in [6, 6.07) is 0.967. The molecule has 1 saturated carbocycles. The van der Waals surface area contributed by atoms with E-state index >= 15 is 0 Å². The Bertz CT molecular complexity index is 298. The van der Waals surface area contributed by atoms with Crippen LogP contribution in [0.3, 0.4) is 0 Å². The van der Waals surface area contributed by atoms with E-state index in [1.165, 1.54) is 32.8 Å². The third-order valence-corrected chi connectivity index (χ3v) is 4.29. The van der Waals surface area contributed by atoms with E-state index in [4.69, 9.17) is 4.74 Å². The molecule has 0 aromatic carbocycles. The topological polar surface area (TPSA) is 41.6 Å². The van der Waals surface area contributed by atoms with Gasteiger partial charge in [0.2, 0.25) is 0 Å². The fourth-order valence-electron chi connectivity index (χ4n) is 3.28. The normalized spacial score (nSPS) is 29.4. The zero-order valence-electron chi connectivity index (χ0n) is 11.9. The average molecular weight is 254 g/mol. The largest absolute Gasteiger partial charge is 0.469 e. The number of carbonyl (C=O) groups excluding carboxylic acids is 1. The number of methoxy groups -OCH3 is 1. The minimum Gasteiger partial charge on any atom is -0.469 e. The van der Waals surface area contributed by atoms with Crippen molar-refractivity contribution in [3.63, 3.8) is 0 Å². The molecule has 1 N–H and O–H groups in total. The molecule has 0 bridgehead atoms. The Kier molecular flexibility index (Phi) is 4.28. The van der Waals surface area contributed by atoms with Gasteiger partial charge in [-0.25, -0.2) is 0 Å². The Morgan fingerprint density at radius 3 is 2.67 bits per heavy atom. The van der Waals surface area contributed by atoms with E-state index in [0.29, 0.717) is 18.5 Å². The summed E-state index contributed by atoms with van der Waals surface area (Å²) in [6.45, 7) is 6.39. The van der Waals surface area contributed by atoms with Crippen molar-refractivity contribution in [2.24, 2.45) is 0 Å². The minimum absolute atomic E-state index is 0.0931. The zero-order chi connectivity index (χ0) is 13.2. The number of piperazine rings is 1.